The van der Waals surface area contributed by atoms with E-state index in [9.17, 15) is 0 Å². The van der Waals surface area contributed by atoms with E-state index in [-0.39, 0.29) is 0 Å². The van der Waals surface area contributed by atoms with Crippen LogP contribution < -0.4 is 5.32 Å². The molecule has 18 heavy (non-hydrogen) atoms. The fraction of sp³-hybridized carbons (Fsp3) is 0.800. The number of oxazole rings is 1. The van der Waals surface area contributed by atoms with E-state index in [0.717, 1.165) is 54.9 Å². The maximum Gasteiger partial charge on any atom is 0.194 e. The third kappa shape index (κ3) is 1.56. The quantitative estimate of drug-likeness (QED) is 0.811. The Bertz CT molecular complexity index is 425. The topological polar surface area (TPSA) is 38.1 Å². The van der Waals surface area contributed by atoms with Gasteiger partial charge in [-0.3, -0.25) is 0 Å². The molecule has 0 radical (unpaired) electrons. The zero-order chi connectivity index (χ0) is 12.1. The maximum absolute atomic E-state index is 5.98. The molecule has 0 aliphatic heterocycles. The van der Waals surface area contributed by atoms with Crippen molar-refractivity contribution in [1.82, 2.24) is 10.3 Å². The summed E-state index contributed by atoms with van der Waals surface area (Å²) in [7, 11) is 1.99. The Labute approximate surface area is 108 Å². The Morgan fingerprint density at radius 2 is 2.11 bits per heavy atom. The van der Waals surface area contributed by atoms with Crippen molar-refractivity contribution in [3.05, 3.63) is 17.8 Å². The van der Waals surface area contributed by atoms with Crippen molar-refractivity contribution in [2.24, 2.45) is 23.7 Å². The van der Waals surface area contributed by atoms with Gasteiger partial charge in [0.05, 0.1) is 6.20 Å². The van der Waals surface area contributed by atoms with Gasteiger partial charge in [0.25, 0.3) is 0 Å². The van der Waals surface area contributed by atoms with Crippen molar-refractivity contribution in [2.75, 3.05) is 13.6 Å². The van der Waals surface area contributed by atoms with Crippen molar-refractivity contribution in [3.63, 3.8) is 0 Å². The summed E-state index contributed by atoms with van der Waals surface area (Å²) in [6.45, 7) is 1.04. The molecular formula is C15H22N2O. The van der Waals surface area contributed by atoms with Gasteiger partial charge >= 0.3 is 0 Å². The molecule has 3 heteroatoms. The normalized spacial score (nSPS) is 40.2. The highest BCUT2D eigenvalue weighted by Gasteiger charge is 2.66. The molecule has 0 aromatic carbocycles. The number of aromatic nitrogens is 1. The molecule has 0 saturated heterocycles. The third-order valence-corrected chi connectivity index (χ3v) is 5.45. The average molecular weight is 246 g/mol. The predicted octanol–water partition coefficient (Wildman–Crippen LogP) is 2.59. The molecule has 4 rings (SSSR count). The minimum atomic E-state index is 0.738. The monoisotopic (exact) mass is 246 g/mol. The standard InChI is InChI=1S/C15H22N2O/c1-16-6-2-3-12-17-8-11(18-12)15-13-9-4-5-10(7-9)14(13)15/h8-10,13-16H,2-7H2,1H3. The highest BCUT2D eigenvalue weighted by molar-refractivity contribution is 5.25. The van der Waals surface area contributed by atoms with Crippen LogP contribution in [-0.4, -0.2) is 18.6 Å². The van der Waals surface area contributed by atoms with Gasteiger partial charge < -0.3 is 9.73 Å². The number of aryl methyl sites for hydroxylation is 1. The Hall–Kier alpha value is -0.830. The van der Waals surface area contributed by atoms with Gasteiger partial charge in [0, 0.05) is 12.3 Å². The molecule has 1 heterocycles. The molecule has 1 N–H and O–H groups in total. The van der Waals surface area contributed by atoms with Gasteiger partial charge in [0.1, 0.15) is 5.76 Å². The summed E-state index contributed by atoms with van der Waals surface area (Å²) >= 11 is 0. The van der Waals surface area contributed by atoms with E-state index < -0.39 is 0 Å². The molecule has 3 fully saturated rings. The van der Waals surface area contributed by atoms with Crippen LogP contribution in [0.25, 0.3) is 0 Å². The lowest BCUT2D eigenvalue weighted by Gasteiger charge is -2.05. The van der Waals surface area contributed by atoms with Crippen LogP contribution >= 0.6 is 0 Å². The van der Waals surface area contributed by atoms with Gasteiger partial charge in [0.2, 0.25) is 0 Å². The lowest BCUT2D eigenvalue weighted by Crippen LogP contribution is -2.08. The summed E-state index contributed by atoms with van der Waals surface area (Å²) in [5.41, 5.74) is 0. The van der Waals surface area contributed by atoms with Crippen molar-refractivity contribution in [3.8, 4) is 0 Å². The van der Waals surface area contributed by atoms with Crippen LogP contribution in [0, 0.1) is 23.7 Å². The van der Waals surface area contributed by atoms with Crippen LogP contribution in [0.5, 0.6) is 0 Å². The first-order valence-corrected chi connectivity index (χ1v) is 7.47. The summed E-state index contributed by atoms with van der Waals surface area (Å²) in [5, 5.41) is 3.16. The van der Waals surface area contributed by atoms with Crippen LogP contribution in [0.2, 0.25) is 0 Å². The molecule has 3 aliphatic carbocycles. The molecule has 3 nitrogen and oxygen atoms in total. The van der Waals surface area contributed by atoms with E-state index in [1.165, 1.54) is 25.0 Å². The second kappa shape index (κ2) is 4.09. The molecule has 98 valence electrons. The minimum Gasteiger partial charge on any atom is -0.445 e. The van der Waals surface area contributed by atoms with E-state index in [0.29, 0.717) is 0 Å². The second-order valence-corrected chi connectivity index (χ2v) is 6.38. The summed E-state index contributed by atoms with van der Waals surface area (Å²) in [5.74, 6) is 6.83. The van der Waals surface area contributed by atoms with E-state index >= 15 is 0 Å². The fourth-order valence-electron chi connectivity index (χ4n) is 4.72. The molecule has 1 aromatic rings. The Morgan fingerprint density at radius 1 is 1.33 bits per heavy atom. The molecule has 0 amide bonds. The van der Waals surface area contributed by atoms with Crippen LogP contribution in [0.4, 0.5) is 0 Å². The zero-order valence-corrected chi connectivity index (χ0v) is 11.1. The molecular weight excluding hydrogens is 224 g/mol. The molecule has 4 unspecified atom stereocenters. The highest BCUT2D eigenvalue weighted by Crippen LogP contribution is 2.73. The van der Waals surface area contributed by atoms with E-state index in [1.807, 2.05) is 13.2 Å². The number of nitrogens with one attached hydrogen (secondary N) is 1. The van der Waals surface area contributed by atoms with Crippen LogP contribution in [0.3, 0.4) is 0 Å². The number of hydrogen-bond acceptors (Lipinski definition) is 3. The van der Waals surface area contributed by atoms with Crippen LogP contribution in [-0.2, 0) is 6.42 Å². The Balaban J connectivity index is 1.41. The third-order valence-electron chi connectivity index (χ3n) is 5.45. The Kier molecular flexibility index (Phi) is 2.51. The molecule has 0 spiro atoms. The zero-order valence-electron chi connectivity index (χ0n) is 11.1. The lowest BCUT2D eigenvalue weighted by molar-refractivity contribution is 0.413. The second-order valence-electron chi connectivity index (χ2n) is 6.38. The maximum atomic E-state index is 5.98. The van der Waals surface area contributed by atoms with Gasteiger partial charge in [-0.2, -0.15) is 0 Å². The van der Waals surface area contributed by atoms with E-state index in [1.54, 1.807) is 0 Å². The smallest absolute Gasteiger partial charge is 0.194 e. The summed E-state index contributed by atoms with van der Waals surface area (Å²) in [6.07, 6.45) is 8.55. The van der Waals surface area contributed by atoms with Gasteiger partial charge in [0.15, 0.2) is 5.89 Å². The van der Waals surface area contributed by atoms with Gasteiger partial charge in [-0.1, -0.05) is 0 Å². The summed E-state index contributed by atoms with van der Waals surface area (Å²) < 4.78 is 5.98. The lowest BCUT2D eigenvalue weighted by atomic mass is 10.0. The predicted molar refractivity (Wildman–Crippen MR) is 69.3 cm³/mol. The van der Waals surface area contributed by atoms with Crippen LogP contribution in [0.1, 0.15) is 43.3 Å². The average Bonchev–Trinajstić information content (AvgIpc) is 2.77. The van der Waals surface area contributed by atoms with Crippen LogP contribution in [0.15, 0.2) is 10.6 Å². The number of hydrogen-bond donors (Lipinski definition) is 1. The minimum absolute atomic E-state index is 0.738. The molecule has 4 atom stereocenters. The number of nitrogens with zero attached hydrogens (tertiary/aromatic N) is 1. The highest BCUT2D eigenvalue weighted by atomic mass is 16.4. The van der Waals surface area contributed by atoms with Crippen molar-refractivity contribution >= 4 is 0 Å². The number of fused-ring (bicyclic) bond motifs is 5. The molecule has 3 aliphatic rings. The van der Waals surface area contributed by atoms with E-state index in [2.05, 4.69) is 10.3 Å². The molecule has 1 aromatic heterocycles. The first-order valence-electron chi connectivity index (χ1n) is 7.47. The van der Waals surface area contributed by atoms with Gasteiger partial charge in [-0.15, -0.1) is 0 Å². The van der Waals surface area contributed by atoms with Crippen molar-refractivity contribution < 1.29 is 4.42 Å². The molecule has 3 saturated carbocycles. The van der Waals surface area contributed by atoms with Crippen molar-refractivity contribution in [2.45, 2.75) is 38.0 Å². The first kappa shape index (κ1) is 11.0. The fourth-order valence-corrected chi connectivity index (χ4v) is 4.72. The number of rotatable bonds is 5. The largest absolute Gasteiger partial charge is 0.445 e. The Morgan fingerprint density at radius 3 is 2.83 bits per heavy atom. The van der Waals surface area contributed by atoms with Crippen molar-refractivity contribution in [1.29, 1.82) is 0 Å². The SMILES string of the molecule is CNCCCc1ncc(C2C3C4CCC(C4)C23)o1. The first-order chi connectivity index (χ1) is 8.88. The van der Waals surface area contributed by atoms with Gasteiger partial charge in [-0.05, 0) is 62.9 Å². The van der Waals surface area contributed by atoms with E-state index in [4.69, 9.17) is 4.42 Å². The van der Waals surface area contributed by atoms with Gasteiger partial charge in [-0.25, -0.2) is 4.98 Å². The molecule has 2 bridgehead atoms. The summed E-state index contributed by atoms with van der Waals surface area (Å²) in [6, 6.07) is 0. The summed E-state index contributed by atoms with van der Waals surface area (Å²) in [4.78, 5) is 4.45.